The maximum absolute atomic E-state index is 5.86. The van der Waals surface area contributed by atoms with Crippen molar-refractivity contribution in [3.05, 3.63) is 0 Å². The molecule has 1 saturated heterocycles. The van der Waals surface area contributed by atoms with Gasteiger partial charge in [0.15, 0.2) is 0 Å². The summed E-state index contributed by atoms with van der Waals surface area (Å²) in [5.74, 6) is 0. The van der Waals surface area contributed by atoms with Crippen molar-refractivity contribution >= 4 is 0 Å². The minimum Gasteiger partial charge on any atom is -0.374 e. The van der Waals surface area contributed by atoms with Gasteiger partial charge in [0, 0.05) is 32.2 Å². The van der Waals surface area contributed by atoms with Crippen LogP contribution in [0.15, 0.2) is 0 Å². The molecule has 1 fully saturated rings. The van der Waals surface area contributed by atoms with Gasteiger partial charge in [-0.2, -0.15) is 0 Å². The van der Waals surface area contributed by atoms with Gasteiger partial charge in [0.2, 0.25) is 0 Å². The van der Waals surface area contributed by atoms with Gasteiger partial charge in [0.1, 0.15) is 0 Å². The zero-order valence-corrected chi connectivity index (χ0v) is 11.9. The van der Waals surface area contributed by atoms with Crippen LogP contribution >= 0.6 is 0 Å². The van der Waals surface area contributed by atoms with Gasteiger partial charge in [-0.1, -0.05) is 6.92 Å². The molecular weight excluding hydrogens is 214 g/mol. The Kier molecular flexibility index (Phi) is 7.04. The molecular formula is C13H29N3O. The quantitative estimate of drug-likeness (QED) is 0.710. The number of morpholine rings is 1. The predicted octanol–water partition coefficient (Wildman–Crippen LogP) is 0.637. The van der Waals surface area contributed by atoms with Gasteiger partial charge in [0.25, 0.3) is 0 Å². The Bertz CT molecular complexity index is 193. The van der Waals surface area contributed by atoms with E-state index in [1.165, 1.54) is 6.42 Å². The molecule has 4 nitrogen and oxygen atoms in total. The Morgan fingerprint density at radius 3 is 2.59 bits per heavy atom. The van der Waals surface area contributed by atoms with Gasteiger partial charge in [-0.15, -0.1) is 0 Å². The van der Waals surface area contributed by atoms with Crippen molar-refractivity contribution < 1.29 is 4.74 Å². The molecule has 0 aromatic carbocycles. The highest BCUT2D eigenvalue weighted by Gasteiger charge is 2.25. The first kappa shape index (κ1) is 14.9. The van der Waals surface area contributed by atoms with E-state index >= 15 is 0 Å². The van der Waals surface area contributed by atoms with Crippen molar-refractivity contribution in [1.82, 2.24) is 15.1 Å². The number of rotatable bonds is 7. The molecule has 0 aromatic rings. The molecule has 1 aliphatic rings. The minimum absolute atomic E-state index is 0.345. The lowest BCUT2D eigenvalue weighted by molar-refractivity contribution is -0.0271. The molecule has 4 heteroatoms. The predicted molar refractivity (Wildman–Crippen MR) is 72.5 cm³/mol. The SMILES string of the molecule is CCCN(CCN(C)C)C(C)C1CNCCO1. The van der Waals surface area contributed by atoms with E-state index in [1.807, 2.05) is 0 Å². The summed E-state index contributed by atoms with van der Waals surface area (Å²) in [6.07, 6.45) is 1.55. The van der Waals surface area contributed by atoms with Gasteiger partial charge < -0.3 is 15.0 Å². The Morgan fingerprint density at radius 2 is 2.06 bits per heavy atom. The highest BCUT2D eigenvalue weighted by Crippen LogP contribution is 2.10. The molecule has 17 heavy (non-hydrogen) atoms. The van der Waals surface area contributed by atoms with Gasteiger partial charge in [-0.25, -0.2) is 0 Å². The van der Waals surface area contributed by atoms with Crippen molar-refractivity contribution in [3.63, 3.8) is 0 Å². The van der Waals surface area contributed by atoms with Crippen LogP contribution < -0.4 is 5.32 Å². The van der Waals surface area contributed by atoms with Crippen LogP contribution in [0.3, 0.4) is 0 Å². The molecule has 0 saturated carbocycles. The van der Waals surface area contributed by atoms with Crippen molar-refractivity contribution in [3.8, 4) is 0 Å². The second-order valence-corrected chi connectivity index (χ2v) is 5.19. The average Bonchev–Trinajstić information content (AvgIpc) is 2.34. The van der Waals surface area contributed by atoms with E-state index < -0.39 is 0 Å². The first-order valence-electron chi connectivity index (χ1n) is 6.86. The van der Waals surface area contributed by atoms with Crippen molar-refractivity contribution in [2.45, 2.75) is 32.4 Å². The monoisotopic (exact) mass is 243 g/mol. The topological polar surface area (TPSA) is 27.7 Å². The van der Waals surface area contributed by atoms with Gasteiger partial charge in [-0.05, 0) is 34.0 Å². The van der Waals surface area contributed by atoms with Crippen molar-refractivity contribution in [2.75, 3.05) is 53.4 Å². The van der Waals surface area contributed by atoms with Crippen LogP contribution in [0.1, 0.15) is 20.3 Å². The lowest BCUT2D eigenvalue weighted by Crippen LogP contribution is -2.52. The maximum Gasteiger partial charge on any atom is 0.0852 e. The molecule has 1 heterocycles. The summed E-state index contributed by atoms with van der Waals surface area (Å²) in [6.45, 7) is 10.8. The Morgan fingerprint density at radius 1 is 1.29 bits per heavy atom. The number of likely N-dealkylation sites (N-methyl/N-ethyl adjacent to an activating group) is 1. The van der Waals surface area contributed by atoms with Crippen molar-refractivity contribution in [1.29, 1.82) is 0 Å². The highest BCUT2D eigenvalue weighted by atomic mass is 16.5. The molecule has 0 bridgehead atoms. The van der Waals surface area contributed by atoms with Crippen LogP contribution in [0, 0.1) is 0 Å². The molecule has 2 atom stereocenters. The van der Waals surface area contributed by atoms with E-state index in [0.29, 0.717) is 12.1 Å². The van der Waals surface area contributed by atoms with Crippen LogP contribution in [-0.2, 0) is 4.74 Å². The highest BCUT2D eigenvalue weighted by molar-refractivity contribution is 4.80. The number of hydrogen-bond donors (Lipinski definition) is 1. The summed E-state index contributed by atoms with van der Waals surface area (Å²) in [7, 11) is 4.26. The molecule has 0 aromatic heterocycles. The molecule has 1 aliphatic heterocycles. The minimum atomic E-state index is 0.345. The van der Waals surface area contributed by atoms with Crippen LogP contribution in [0.25, 0.3) is 0 Å². The lowest BCUT2D eigenvalue weighted by Gasteiger charge is -2.37. The zero-order chi connectivity index (χ0) is 12.7. The largest absolute Gasteiger partial charge is 0.374 e. The number of hydrogen-bond acceptors (Lipinski definition) is 4. The number of ether oxygens (including phenoxy) is 1. The first-order chi connectivity index (χ1) is 8.15. The standard InChI is InChI=1S/C13H29N3O/c1-5-7-16(9-8-15(3)4)12(2)13-11-14-6-10-17-13/h12-14H,5-11H2,1-4H3. The van der Waals surface area contributed by atoms with Gasteiger partial charge >= 0.3 is 0 Å². The maximum atomic E-state index is 5.86. The third-order valence-electron chi connectivity index (χ3n) is 3.42. The van der Waals surface area contributed by atoms with Gasteiger partial charge in [0.05, 0.1) is 12.7 Å². The van der Waals surface area contributed by atoms with Crippen LogP contribution in [0.5, 0.6) is 0 Å². The molecule has 1 N–H and O–H groups in total. The van der Waals surface area contributed by atoms with E-state index in [4.69, 9.17) is 4.74 Å². The molecule has 102 valence electrons. The fraction of sp³-hybridized carbons (Fsp3) is 1.00. The molecule has 0 radical (unpaired) electrons. The fourth-order valence-electron chi connectivity index (χ4n) is 2.27. The summed E-state index contributed by atoms with van der Waals surface area (Å²) >= 11 is 0. The molecule has 0 aliphatic carbocycles. The van der Waals surface area contributed by atoms with E-state index in [9.17, 15) is 0 Å². The average molecular weight is 243 g/mol. The lowest BCUT2D eigenvalue weighted by atomic mass is 10.1. The van der Waals surface area contributed by atoms with E-state index in [2.05, 4.69) is 43.1 Å². The third-order valence-corrected chi connectivity index (χ3v) is 3.42. The second kappa shape index (κ2) is 8.03. The van der Waals surface area contributed by atoms with Crippen molar-refractivity contribution in [2.24, 2.45) is 0 Å². The second-order valence-electron chi connectivity index (χ2n) is 5.19. The normalized spacial score (nSPS) is 23.3. The summed E-state index contributed by atoms with van der Waals surface area (Å²) in [5, 5.41) is 3.42. The molecule has 2 unspecified atom stereocenters. The zero-order valence-electron chi connectivity index (χ0n) is 11.9. The van der Waals surface area contributed by atoms with Gasteiger partial charge in [-0.3, -0.25) is 4.90 Å². The summed E-state index contributed by atoms with van der Waals surface area (Å²) < 4.78 is 5.86. The first-order valence-corrected chi connectivity index (χ1v) is 6.86. The Hall–Kier alpha value is -0.160. The summed E-state index contributed by atoms with van der Waals surface area (Å²) in [4.78, 5) is 4.80. The van der Waals surface area contributed by atoms with Crippen LogP contribution in [0.4, 0.5) is 0 Å². The van der Waals surface area contributed by atoms with E-state index in [1.54, 1.807) is 0 Å². The Labute approximate surface area is 106 Å². The van der Waals surface area contributed by atoms with E-state index in [-0.39, 0.29) is 0 Å². The number of nitrogens with zero attached hydrogens (tertiary/aromatic N) is 2. The van der Waals surface area contributed by atoms with Crippen LogP contribution in [0.2, 0.25) is 0 Å². The van der Waals surface area contributed by atoms with E-state index in [0.717, 1.165) is 39.3 Å². The third kappa shape index (κ3) is 5.34. The summed E-state index contributed by atoms with van der Waals surface area (Å²) in [5.41, 5.74) is 0. The fourth-order valence-corrected chi connectivity index (χ4v) is 2.27. The van der Waals surface area contributed by atoms with Crippen LogP contribution in [-0.4, -0.2) is 75.4 Å². The molecule has 0 amide bonds. The molecule has 1 rings (SSSR count). The smallest absolute Gasteiger partial charge is 0.0852 e. The molecule has 0 spiro atoms. The summed E-state index contributed by atoms with van der Waals surface area (Å²) in [6, 6.07) is 0.502. The number of nitrogens with one attached hydrogen (secondary N) is 1. The Balaban J connectivity index is 2.42.